The summed E-state index contributed by atoms with van der Waals surface area (Å²) in [4.78, 5) is 21.1. The lowest BCUT2D eigenvalue weighted by Crippen LogP contribution is -2.48. The van der Waals surface area contributed by atoms with Gasteiger partial charge in [-0.15, -0.1) is 12.3 Å². The van der Waals surface area contributed by atoms with Crippen molar-refractivity contribution in [3.8, 4) is 23.7 Å². The van der Waals surface area contributed by atoms with Crippen LogP contribution in [0.1, 0.15) is 22.6 Å². The van der Waals surface area contributed by atoms with Gasteiger partial charge in [-0.25, -0.2) is 4.98 Å². The maximum atomic E-state index is 12.6. The smallest absolute Gasteiger partial charge is 0.253 e. The number of piperazine rings is 1. The second-order valence-corrected chi connectivity index (χ2v) is 5.91. The van der Waals surface area contributed by atoms with Crippen molar-refractivity contribution in [3.05, 3.63) is 35.7 Å². The van der Waals surface area contributed by atoms with E-state index in [-0.39, 0.29) is 5.91 Å². The minimum absolute atomic E-state index is 0.0734. The van der Waals surface area contributed by atoms with Crippen LogP contribution in [0.2, 0.25) is 0 Å². The molecule has 2 aromatic rings. The highest BCUT2D eigenvalue weighted by molar-refractivity contribution is 5.94. The van der Waals surface area contributed by atoms with E-state index in [1.54, 1.807) is 0 Å². The van der Waals surface area contributed by atoms with E-state index in [9.17, 15) is 4.79 Å². The number of terminal acetylenes is 1. The lowest BCUT2D eigenvalue weighted by Gasteiger charge is -2.34. The molecule has 3 rings (SSSR count). The van der Waals surface area contributed by atoms with Crippen molar-refractivity contribution in [2.45, 2.75) is 13.3 Å². The molecule has 6 nitrogen and oxygen atoms in total. The van der Waals surface area contributed by atoms with Crippen molar-refractivity contribution in [3.63, 3.8) is 0 Å². The van der Waals surface area contributed by atoms with Gasteiger partial charge in [-0.1, -0.05) is 12.1 Å². The van der Waals surface area contributed by atoms with E-state index in [2.05, 4.69) is 26.0 Å². The normalized spacial score (nSPS) is 15.2. The molecular formula is C18H21N5O. The standard InChI is InChI=1S/C18H21N5O/c1-3-4-9-22-10-12-23(13-11-22)18(24)16-7-5-15(6-8-16)17-19-14(2)20-21-17/h1,5-8H,4,9-13H2,2H3,(H,19,20,21). The zero-order valence-corrected chi connectivity index (χ0v) is 13.8. The molecule has 0 aliphatic carbocycles. The van der Waals surface area contributed by atoms with E-state index < -0.39 is 0 Å². The molecule has 1 N–H and O–H groups in total. The summed E-state index contributed by atoms with van der Waals surface area (Å²) in [6.45, 7) is 6.00. The predicted molar refractivity (Wildman–Crippen MR) is 92.3 cm³/mol. The Morgan fingerprint density at radius 3 is 2.54 bits per heavy atom. The predicted octanol–water partition coefficient (Wildman–Crippen LogP) is 1.56. The lowest BCUT2D eigenvalue weighted by molar-refractivity contribution is 0.0640. The summed E-state index contributed by atoms with van der Waals surface area (Å²) in [5, 5.41) is 6.95. The highest BCUT2D eigenvalue weighted by atomic mass is 16.2. The minimum Gasteiger partial charge on any atom is -0.336 e. The van der Waals surface area contributed by atoms with Crippen LogP contribution in [-0.2, 0) is 0 Å². The summed E-state index contributed by atoms with van der Waals surface area (Å²) in [5.41, 5.74) is 1.60. The fourth-order valence-electron chi connectivity index (χ4n) is 2.81. The molecule has 24 heavy (non-hydrogen) atoms. The van der Waals surface area contributed by atoms with Gasteiger partial charge in [0.15, 0.2) is 5.82 Å². The summed E-state index contributed by atoms with van der Waals surface area (Å²) in [6.07, 6.45) is 6.06. The van der Waals surface area contributed by atoms with Gasteiger partial charge < -0.3 is 4.90 Å². The average Bonchev–Trinajstić information content (AvgIpc) is 3.06. The van der Waals surface area contributed by atoms with Crippen LogP contribution in [-0.4, -0.2) is 63.6 Å². The molecule has 0 saturated carbocycles. The second kappa shape index (κ2) is 7.28. The van der Waals surface area contributed by atoms with Crippen molar-refractivity contribution in [2.75, 3.05) is 32.7 Å². The summed E-state index contributed by atoms with van der Waals surface area (Å²) in [5.74, 6) is 4.15. The van der Waals surface area contributed by atoms with Gasteiger partial charge in [0.1, 0.15) is 5.82 Å². The Balaban J connectivity index is 1.61. The summed E-state index contributed by atoms with van der Waals surface area (Å²) < 4.78 is 0. The first kappa shape index (κ1) is 16.2. The van der Waals surface area contributed by atoms with Gasteiger partial charge in [-0.2, -0.15) is 5.10 Å². The van der Waals surface area contributed by atoms with E-state index in [0.29, 0.717) is 11.4 Å². The number of carbonyl (C=O) groups excluding carboxylic acids is 1. The van der Waals surface area contributed by atoms with Crippen LogP contribution < -0.4 is 0 Å². The van der Waals surface area contributed by atoms with Gasteiger partial charge in [0.25, 0.3) is 5.91 Å². The van der Waals surface area contributed by atoms with E-state index in [1.165, 1.54) is 0 Å². The third-order valence-corrected chi connectivity index (χ3v) is 4.22. The number of aromatic nitrogens is 3. The fourth-order valence-corrected chi connectivity index (χ4v) is 2.81. The third-order valence-electron chi connectivity index (χ3n) is 4.22. The van der Waals surface area contributed by atoms with E-state index in [1.807, 2.05) is 36.1 Å². The average molecular weight is 323 g/mol. The zero-order chi connectivity index (χ0) is 16.9. The largest absolute Gasteiger partial charge is 0.336 e. The molecule has 0 bridgehead atoms. The molecule has 2 heterocycles. The lowest BCUT2D eigenvalue weighted by atomic mass is 10.1. The number of aryl methyl sites for hydroxylation is 1. The zero-order valence-electron chi connectivity index (χ0n) is 13.8. The highest BCUT2D eigenvalue weighted by Crippen LogP contribution is 2.17. The Morgan fingerprint density at radius 2 is 1.96 bits per heavy atom. The maximum Gasteiger partial charge on any atom is 0.253 e. The Labute approximate surface area is 141 Å². The monoisotopic (exact) mass is 323 g/mol. The number of hydrogen-bond donors (Lipinski definition) is 1. The highest BCUT2D eigenvalue weighted by Gasteiger charge is 2.21. The number of carbonyl (C=O) groups is 1. The van der Waals surface area contributed by atoms with Crippen LogP contribution in [0.25, 0.3) is 11.4 Å². The molecule has 1 fully saturated rings. The van der Waals surface area contributed by atoms with Gasteiger partial charge in [0.05, 0.1) is 0 Å². The van der Waals surface area contributed by atoms with Gasteiger partial charge in [0, 0.05) is 50.3 Å². The van der Waals surface area contributed by atoms with Crippen LogP contribution in [0.15, 0.2) is 24.3 Å². The summed E-state index contributed by atoms with van der Waals surface area (Å²) in [6, 6.07) is 7.46. The van der Waals surface area contributed by atoms with Crippen molar-refractivity contribution < 1.29 is 4.79 Å². The minimum atomic E-state index is 0.0734. The van der Waals surface area contributed by atoms with Gasteiger partial charge in [-0.05, 0) is 19.1 Å². The Kier molecular flexibility index (Phi) is 4.92. The van der Waals surface area contributed by atoms with E-state index >= 15 is 0 Å². The number of hydrogen-bond acceptors (Lipinski definition) is 4. The van der Waals surface area contributed by atoms with Crippen molar-refractivity contribution >= 4 is 5.91 Å². The van der Waals surface area contributed by atoms with E-state index in [4.69, 9.17) is 6.42 Å². The number of benzene rings is 1. The van der Waals surface area contributed by atoms with Crippen molar-refractivity contribution in [1.29, 1.82) is 0 Å². The summed E-state index contributed by atoms with van der Waals surface area (Å²) >= 11 is 0. The van der Waals surface area contributed by atoms with Crippen molar-refractivity contribution in [1.82, 2.24) is 25.0 Å². The SMILES string of the molecule is C#CCCN1CCN(C(=O)c2ccc(-c3n[nH]c(C)n3)cc2)CC1. The molecule has 124 valence electrons. The molecule has 0 radical (unpaired) electrons. The first-order chi connectivity index (χ1) is 11.7. The molecule has 1 aromatic heterocycles. The molecule has 0 atom stereocenters. The van der Waals surface area contributed by atoms with Crippen LogP contribution in [0.5, 0.6) is 0 Å². The molecule has 1 saturated heterocycles. The Bertz CT molecular complexity index is 736. The Hall–Kier alpha value is -2.65. The molecule has 1 aliphatic rings. The molecule has 0 unspecified atom stereocenters. The van der Waals surface area contributed by atoms with Gasteiger partial charge >= 0.3 is 0 Å². The number of nitrogens with one attached hydrogen (secondary N) is 1. The van der Waals surface area contributed by atoms with E-state index in [0.717, 1.165) is 50.5 Å². The first-order valence-electron chi connectivity index (χ1n) is 8.12. The van der Waals surface area contributed by atoms with Crippen LogP contribution in [0.3, 0.4) is 0 Å². The molecule has 1 aliphatic heterocycles. The van der Waals surface area contributed by atoms with Crippen molar-refractivity contribution in [2.24, 2.45) is 0 Å². The van der Waals surface area contributed by atoms with Gasteiger partial charge in [-0.3, -0.25) is 14.8 Å². The van der Waals surface area contributed by atoms with Crippen LogP contribution in [0.4, 0.5) is 0 Å². The maximum absolute atomic E-state index is 12.6. The molecule has 1 aromatic carbocycles. The molecular weight excluding hydrogens is 302 g/mol. The molecule has 1 amide bonds. The fraction of sp³-hybridized carbons (Fsp3) is 0.389. The topological polar surface area (TPSA) is 65.1 Å². The third kappa shape index (κ3) is 3.63. The first-order valence-corrected chi connectivity index (χ1v) is 8.12. The number of amides is 1. The summed E-state index contributed by atoms with van der Waals surface area (Å²) in [7, 11) is 0. The number of aromatic amines is 1. The van der Waals surface area contributed by atoms with Crippen LogP contribution >= 0.6 is 0 Å². The quantitative estimate of drug-likeness (QED) is 0.867. The van der Waals surface area contributed by atoms with Crippen LogP contribution in [0, 0.1) is 19.3 Å². The molecule has 0 spiro atoms. The number of nitrogens with zero attached hydrogens (tertiary/aromatic N) is 4. The second-order valence-electron chi connectivity index (χ2n) is 5.91. The number of H-pyrrole nitrogens is 1. The Morgan fingerprint density at radius 1 is 1.25 bits per heavy atom. The molecule has 6 heteroatoms. The van der Waals surface area contributed by atoms with Gasteiger partial charge in [0.2, 0.25) is 0 Å². The number of rotatable bonds is 4.